The molecular formula is C21H18FN3OS. The summed E-state index contributed by atoms with van der Waals surface area (Å²) in [6, 6.07) is 23.1. The van der Waals surface area contributed by atoms with Crippen molar-refractivity contribution in [2.75, 3.05) is 10.2 Å². The molecule has 27 heavy (non-hydrogen) atoms. The first kappa shape index (κ1) is 18.5. The largest absolute Gasteiger partial charge is 0.369 e. The van der Waals surface area contributed by atoms with Gasteiger partial charge in [-0.1, -0.05) is 48.5 Å². The molecule has 0 aliphatic rings. The summed E-state index contributed by atoms with van der Waals surface area (Å²) < 4.78 is 14.1. The lowest BCUT2D eigenvalue weighted by Crippen LogP contribution is -2.32. The second-order valence-electron chi connectivity index (χ2n) is 5.85. The van der Waals surface area contributed by atoms with Gasteiger partial charge in [0.1, 0.15) is 5.82 Å². The molecule has 0 radical (unpaired) electrons. The van der Waals surface area contributed by atoms with Gasteiger partial charge in [-0.15, -0.1) is 0 Å². The highest BCUT2D eigenvalue weighted by molar-refractivity contribution is 7.80. The minimum absolute atomic E-state index is 0.0712. The molecule has 0 atom stereocenters. The number of halogens is 1. The molecule has 3 aromatic rings. The van der Waals surface area contributed by atoms with Gasteiger partial charge < -0.3 is 11.1 Å². The van der Waals surface area contributed by atoms with E-state index in [2.05, 4.69) is 5.32 Å². The van der Waals surface area contributed by atoms with E-state index in [0.29, 0.717) is 5.69 Å². The summed E-state index contributed by atoms with van der Waals surface area (Å²) in [5.74, 6) is -0.846. The van der Waals surface area contributed by atoms with Crippen LogP contribution in [0.25, 0.3) is 0 Å². The Labute approximate surface area is 162 Å². The maximum absolute atomic E-state index is 14.1. The number of carbonyl (C=O) groups excluding carboxylic acids is 1. The van der Waals surface area contributed by atoms with E-state index < -0.39 is 11.7 Å². The minimum atomic E-state index is -0.441. The molecule has 6 heteroatoms. The number of nitrogens with two attached hydrogens (primary N) is 1. The fraction of sp³-hybridized carbons (Fsp3) is 0.0476. The van der Waals surface area contributed by atoms with Gasteiger partial charge in [-0.25, -0.2) is 4.39 Å². The Morgan fingerprint density at radius 1 is 0.963 bits per heavy atom. The number of carbonyl (C=O) groups is 1. The van der Waals surface area contributed by atoms with Gasteiger partial charge in [-0.05, 0) is 48.1 Å². The lowest BCUT2D eigenvalue weighted by atomic mass is 10.1. The van der Waals surface area contributed by atoms with Crippen molar-refractivity contribution in [3.63, 3.8) is 0 Å². The Morgan fingerprint density at radius 2 is 1.59 bits per heavy atom. The van der Waals surface area contributed by atoms with Crippen LogP contribution in [-0.4, -0.2) is 11.0 Å². The summed E-state index contributed by atoms with van der Waals surface area (Å²) in [5, 5.41) is 3.23. The Morgan fingerprint density at radius 3 is 2.30 bits per heavy atom. The van der Waals surface area contributed by atoms with E-state index in [9.17, 15) is 9.18 Å². The van der Waals surface area contributed by atoms with Crippen LogP contribution in [0.15, 0.2) is 78.9 Å². The average Bonchev–Trinajstić information content (AvgIpc) is 2.66. The van der Waals surface area contributed by atoms with Gasteiger partial charge in [0.15, 0.2) is 5.11 Å². The molecule has 1 amide bonds. The molecule has 0 aliphatic carbocycles. The highest BCUT2D eigenvalue weighted by Crippen LogP contribution is 2.30. The van der Waals surface area contributed by atoms with Gasteiger partial charge in [0.2, 0.25) is 5.91 Å². The highest BCUT2D eigenvalue weighted by Gasteiger charge is 2.19. The summed E-state index contributed by atoms with van der Waals surface area (Å²) >= 11 is 5.59. The molecule has 0 aliphatic heterocycles. The van der Waals surface area contributed by atoms with E-state index in [1.165, 1.54) is 6.07 Å². The zero-order valence-electron chi connectivity index (χ0n) is 14.4. The van der Waals surface area contributed by atoms with Crippen LogP contribution in [0.5, 0.6) is 0 Å². The number of amides is 1. The summed E-state index contributed by atoms with van der Waals surface area (Å²) in [6.45, 7) is 0. The highest BCUT2D eigenvalue weighted by atomic mass is 32.1. The van der Waals surface area contributed by atoms with E-state index in [0.717, 1.165) is 11.3 Å². The van der Waals surface area contributed by atoms with Crippen molar-refractivity contribution in [3.8, 4) is 0 Å². The van der Waals surface area contributed by atoms with Crippen molar-refractivity contribution in [1.29, 1.82) is 0 Å². The Balaban J connectivity index is 2.04. The standard InChI is InChI=1S/C21H18FN3OS/c22-17-11-5-6-12-18(17)24-21(27)25(16-9-2-1-3-10-16)19-13-7-4-8-15(19)14-20(23)26/h1-13H,14H2,(H2,23,26)(H,24,27). The first-order valence-electron chi connectivity index (χ1n) is 8.33. The quantitative estimate of drug-likeness (QED) is 0.646. The lowest BCUT2D eigenvalue weighted by Gasteiger charge is -2.28. The SMILES string of the molecule is NC(=O)Cc1ccccc1N(C(=S)Nc1ccccc1F)c1ccccc1. The molecule has 0 aromatic heterocycles. The van der Waals surface area contributed by atoms with Gasteiger partial charge in [-0.2, -0.15) is 0 Å². The number of primary amides is 1. The zero-order valence-corrected chi connectivity index (χ0v) is 15.2. The van der Waals surface area contributed by atoms with E-state index in [-0.39, 0.29) is 17.2 Å². The van der Waals surface area contributed by atoms with Crippen molar-refractivity contribution in [3.05, 3.63) is 90.2 Å². The Bertz CT molecular complexity index is 962. The van der Waals surface area contributed by atoms with Crippen molar-refractivity contribution in [1.82, 2.24) is 0 Å². The van der Waals surface area contributed by atoms with Gasteiger partial charge in [0.25, 0.3) is 0 Å². The number of anilines is 3. The predicted molar refractivity (Wildman–Crippen MR) is 111 cm³/mol. The van der Waals surface area contributed by atoms with Crippen LogP contribution in [-0.2, 0) is 11.2 Å². The van der Waals surface area contributed by atoms with Crippen LogP contribution >= 0.6 is 12.2 Å². The van der Waals surface area contributed by atoms with Crippen LogP contribution in [0, 0.1) is 5.82 Å². The van der Waals surface area contributed by atoms with Crippen LogP contribution < -0.4 is 16.0 Å². The fourth-order valence-corrected chi connectivity index (χ4v) is 3.06. The monoisotopic (exact) mass is 379 g/mol. The number of benzene rings is 3. The van der Waals surface area contributed by atoms with Crippen molar-refractivity contribution >= 4 is 40.3 Å². The van der Waals surface area contributed by atoms with E-state index in [4.69, 9.17) is 18.0 Å². The second-order valence-corrected chi connectivity index (χ2v) is 6.24. The number of nitrogens with one attached hydrogen (secondary N) is 1. The van der Waals surface area contributed by atoms with Crippen molar-refractivity contribution in [2.24, 2.45) is 5.73 Å². The molecule has 0 saturated carbocycles. The maximum Gasteiger partial charge on any atom is 0.221 e. The number of hydrogen-bond donors (Lipinski definition) is 2. The molecule has 4 nitrogen and oxygen atoms in total. The first-order valence-corrected chi connectivity index (χ1v) is 8.74. The van der Waals surface area contributed by atoms with Crippen LogP contribution in [0.4, 0.5) is 21.5 Å². The number of rotatable bonds is 5. The topological polar surface area (TPSA) is 58.4 Å². The normalized spacial score (nSPS) is 10.3. The lowest BCUT2D eigenvalue weighted by molar-refractivity contribution is -0.117. The third-order valence-corrected chi connectivity index (χ3v) is 4.21. The number of nitrogens with zero attached hydrogens (tertiary/aromatic N) is 1. The van der Waals surface area contributed by atoms with Crippen molar-refractivity contribution in [2.45, 2.75) is 6.42 Å². The first-order chi connectivity index (χ1) is 13.1. The Kier molecular flexibility index (Phi) is 5.78. The van der Waals surface area contributed by atoms with Gasteiger partial charge >= 0.3 is 0 Å². The number of para-hydroxylation sites is 3. The molecule has 0 bridgehead atoms. The predicted octanol–water partition coefficient (Wildman–Crippen LogP) is 4.39. The fourth-order valence-electron chi connectivity index (χ4n) is 2.74. The molecule has 3 aromatic carbocycles. The molecule has 3 rings (SSSR count). The third-order valence-electron chi connectivity index (χ3n) is 3.93. The molecule has 3 N–H and O–H groups in total. The summed E-state index contributed by atoms with van der Waals surface area (Å²) in [7, 11) is 0. The minimum Gasteiger partial charge on any atom is -0.369 e. The van der Waals surface area contributed by atoms with Crippen LogP contribution in [0.2, 0.25) is 0 Å². The molecule has 0 spiro atoms. The zero-order chi connectivity index (χ0) is 19.2. The average molecular weight is 379 g/mol. The summed E-state index contributed by atoms with van der Waals surface area (Å²) in [5.41, 5.74) is 7.88. The van der Waals surface area contributed by atoms with E-state index in [1.54, 1.807) is 23.1 Å². The molecule has 0 fully saturated rings. The summed E-state index contributed by atoms with van der Waals surface area (Å²) in [4.78, 5) is 13.3. The smallest absolute Gasteiger partial charge is 0.221 e. The van der Waals surface area contributed by atoms with Crippen LogP contribution in [0.1, 0.15) is 5.56 Å². The second kappa shape index (κ2) is 8.42. The van der Waals surface area contributed by atoms with Gasteiger partial charge in [0, 0.05) is 5.69 Å². The molecular weight excluding hydrogens is 361 g/mol. The molecule has 0 unspecified atom stereocenters. The number of hydrogen-bond acceptors (Lipinski definition) is 2. The van der Waals surface area contributed by atoms with Crippen molar-refractivity contribution < 1.29 is 9.18 Å². The molecule has 0 heterocycles. The van der Waals surface area contributed by atoms with Gasteiger partial charge in [0.05, 0.1) is 17.8 Å². The number of thiocarbonyl (C=S) groups is 1. The molecule has 0 saturated heterocycles. The molecule has 136 valence electrons. The Hall–Kier alpha value is -3.25. The van der Waals surface area contributed by atoms with E-state index in [1.807, 2.05) is 54.6 Å². The maximum atomic E-state index is 14.1. The third kappa shape index (κ3) is 4.48. The summed E-state index contributed by atoms with van der Waals surface area (Å²) in [6.07, 6.45) is 0.0712. The van der Waals surface area contributed by atoms with Gasteiger partial charge in [-0.3, -0.25) is 9.69 Å². The van der Waals surface area contributed by atoms with E-state index >= 15 is 0 Å². The van der Waals surface area contributed by atoms with Crippen LogP contribution in [0.3, 0.4) is 0 Å².